The topological polar surface area (TPSA) is 56.0 Å². The highest BCUT2D eigenvalue weighted by Gasteiger charge is 2.10. The van der Waals surface area contributed by atoms with E-state index in [1.54, 1.807) is 6.07 Å². The summed E-state index contributed by atoms with van der Waals surface area (Å²) in [5.74, 6) is -0.514. The predicted molar refractivity (Wildman–Crippen MR) is 93.2 cm³/mol. The van der Waals surface area contributed by atoms with Crippen molar-refractivity contribution in [1.82, 2.24) is 4.98 Å². The third-order valence-electron chi connectivity index (χ3n) is 4.05. The van der Waals surface area contributed by atoms with Gasteiger partial charge in [-0.25, -0.2) is 4.98 Å². The number of rotatable bonds is 2. The molecule has 1 amide bonds. The maximum absolute atomic E-state index is 11.5. The molecule has 0 spiro atoms. The summed E-state index contributed by atoms with van der Waals surface area (Å²) >= 11 is 0. The molecule has 4 rings (SSSR count). The first kappa shape index (κ1) is 13.5. The van der Waals surface area contributed by atoms with Crippen LogP contribution in [0.15, 0.2) is 72.8 Å². The predicted octanol–water partition coefficient (Wildman–Crippen LogP) is 4.15. The van der Waals surface area contributed by atoms with E-state index in [1.165, 1.54) is 5.39 Å². The van der Waals surface area contributed by atoms with Crippen LogP contribution < -0.4 is 5.73 Å². The van der Waals surface area contributed by atoms with Crippen molar-refractivity contribution in [2.75, 3.05) is 0 Å². The normalized spacial score (nSPS) is 11.0. The fourth-order valence-corrected chi connectivity index (χ4v) is 2.96. The Hall–Kier alpha value is -3.20. The van der Waals surface area contributed by atoms with Gasteiger partial charge in [0.1, 0.15) is 5.69 Å². The number of amides is 1. The molecule has 0 aliphatic heterocycles. The molecule has 0 aliphatic carbocycles. The fraction of sp³-hybridized carbons (Fsp3) is 0. The molecular weight excluding hydrogens is 284 g/mol. The van der Waals surface area contributed by atoms with Crippen molar-refractivity contribution in [3.05, 3.63) is 78.5 Å². The van der Waals surface area contributed by atoms with Crippen molar-refractivity contribution in [3.8, 4) is 11.1 Å². The molecule has 23 heavy (non-hydrogen) atoms. The summed E-state index contributed by atoms with van der Waals surface area (Å²) in [5, 5.41) is 3.32. The number of benzene rings is 3. The molecule has 3 aromatic carbocycles. The molecule has 0 aliphatic rings. The standard InChI is InChI=1S/C20H14N2O/c21-20(23)18-12-11-14-7-4-10-17(19(14)22-18)16-9-3-6-13-5-1-2-8-15(13)16/h1-12H,(H2,21,23). The minimum atomic E-state index is -0.514. The number of carbonyl (C=O) groups excluding carboxylic acids is 1. The van der Waals surface area contributed by atoms with Crippen LogP contribution >= 0.6 is 0 Å². The number of primary amides is 1. The number of carbonyl (C=O) groups is 1. The molecule has 0 saturated carbocycles. The Balaban J connectivity index is 2.08. The number of nitrogens with zero attached hydrogens (tertiary/aromatic N) is 1. The summed E-state index contributed by atoms with van der Waals surface area (Å²) in [7, 11) is 0. The summed E-state index contributed by atoms with van der Waals surface area (Å²) < 4.78 is 0. The summed E-state index contributed by atoms with van der Waals surface area (Å²) in [6.07, 6.45) is 0. The Kier molecular flexibility index (Phi) is 3.05. The minimum Gasteiger partial charge on any atom is -0.364 e. The van der Waals surface area contributed by atoms with Crippen LogP contribution in [0.3, 0.4) is 0 Å². The van der Waals surface area contributed by atoms with E-state index in [0.717, 1.165) is 27.4 Å². The van der Waals surface area contributed by atoms with Gasteiger partial charge in [-0.2, -0.15) is 0 Å². The minimum absolute atomic E-state index is 0.283. The van der Waals surface area contributed by atoms with Gasteiger partial charge in [0.05, 0.1) is 5.52 Å². The molecule has 1 heterocycles. The highest BCUT2D eigenvalue weighted by molar-refractivity contribution is 6.05. The van der Waals surface area contributed by atoms with Crippen molar-refractivity contribution in [2.45, 2.75) is 0 Å². The van der Waals surface area contributed by atoms with Crippen LogP contribution in [-0.2, 0) is 0 Å². The van der Waals surface area contributed by atoms with E-state index in [2.05, 4.69) is 29.2 Å². The van der Waals surface area contributed by atoms with Gasteiger partial charge in [0.15, 0.2) is 0 Å². The van der Waals surface area contributed by atoms with E-state index < -0.39 is 5.91 Å². The van der Waals surface area contributed by atoms with Gasteiger partial charge < -0.3 is 5.73 Å². The number of nitrogens with two attached hydrogens (primary N) is 1. The van der Waals surface area contributed by atoms with Gasteiger partial charge in [-0.1, -0.05) is 66.7 Å². The first-order valence-electron chi connectivity index (χ1n) is 7.42. The van der Waals surface area contributed by atoms with Gasteiger partial charge in [0.2, 0.25) is 0 Å². The smallest absolute Gasteiger partial charge is 0.267 e. The quantitative estimate of drug-likeness (QED) is 0.604. The molecule has 4 aromatic rings. The SMILES string of the molecule is NC(=O)c1ccc2cccc(-c3cccc4ccccc34)c2n1. The number of fused-ring (bicyclic) bond motifs is 2. The van der Waals surface area contributed by atoms with E-state index in [4.69, 9.17) is 5.73 Å². The van der Waals surface area contributed by atoms with Gasteiger partial charge in [-0.3, -0.25) is 4.79 Å². The summed E-state index contributed by atoms with van der Waals surface area (Å²) in [5.41, 5.74) is 8.56. The third kappa shape index (κ3) is 2.23. The molecule has 1 aromatic heterocycles. The second kappa shape index (κ2) is 5.21. The van der Waals surface area contributed by atoms with Crippen molar-refractivity contribution in [1.29, 1.82) is 0 Å². The zero-order valence-electron chi connectivity index (χ0n) is 12.4. The number of hydrogen-bond donors (Lipinski definition) is 1. The molecule has 0 radical (unpaired) electrons. The molecule has 0 unspecified atom stereocenters. The third-order valence-corrected chi connectivity index (χ3v) is 4.05. The van der Waals surface area contributed by atoms with Gasteiger partial charge in [0.25, 0.3) is 5.91 Å². The number of para-hydroxylation sites is 1. The Morgan fingerprint density at radius 3 is 2.26 bits per heavy atom. The van der Waals surface area contributed by atoms with Gasteiger partial charge >= 0.3 is 0 Å². The molecule has 3 nitrogen and oxygen atoms in total. The molecule has 0 saturated heterocycles. The molecular formula is C20H14N2O. The second-order valence-electron chi connectivity index (χ2n) is 5.46. The lowest BCUT2D eigenvalue weighted by Crippen LogP contribution is -2.12. The average molecular weight is 298 g/mol. The monoisotopic (exact) mass is 298 g/mol. The van der Waals surface area contributed by atoms with Crippen LogP contribution in [0.1, 0.15) is 10.5 Å². The largest absolute Gasteiger partial charge is 0.364 e. The Bertz CT molecular complexity index is 1050. The molecule has 3 heteroatoms. The second-order valence-corrected chi connectivity index (χ2v) is 5.46. The highest BCUT2D eigenvalue weighted by atomic mass is 16.1. The Morgan fingerprint density at radius 2 is 1.43 bits per heavy atom. The summed E-state index contributed by atoms with van der Waals surface area (Å²) in [6, 6.07) is 24.0. The zero-order valence-corrected chi connectivity index (χ0v) is 12.4. The number of aromatic nitrogens is 1. The molecule has 2 N–H and O–H groups in total. The number of pyridine rings is 1. The summed E-state index contributed by atoms with van der Waals surface area (Å²) in [4.78, 5) is 15.9. The van der Waals surface area contributed by atoms with Crippen LogP contribution in [0.5, 0.6) is 0 Å². The lowest BCUT2D eigenvalue weighted by atomic mass is 9.96. The zero-order chi connectivity index (χ0) is 15.8. The van der Waals surface area contributed by atoms with E-state index in [1.807, 2.05) is 42.5 Å². The Morgan fingerprint density at radius 1 is 0.739 bits per heavy atom. The number of hydrogen-bond acceptors (Lipinski definition) is 2. The summed E-state index contributed by atoms with van der Waals surface area (Å²) in [6.45, 7) is 0. The first-order chi connectivity index (χ1) is 11.2. The van der Waals surface area contributed by atoms with E-state index in [0.29, 0.717) is 0 Å². The average Bonchev–Trinajstić information content (AvgIpc) is 2.60. The van der Waals surface area contributed by atoms with Crippen molar-refractivity contribution >= 4 is 27.6 Å². The van der Waals surface area contributed by atoms with Crippen LogP contribution in [0.4, 0.5) is 0 Å². The first-order valence-corrected chi connectivity index (χ1v) is 7.42. The highest BCUT2D eigenvalue weighted by Crippen LogP contribution is 2.32. The van der Waals surface area contributed by atoms with E-state index >= 15 is 0 Å². The lowest BCUT2D eigenvalue weighted by molar-refractivity contribution is 0.0996. The van der Waals surface area contributed by atoms with Crippen molar-refractivity contribution in [3.63, 3.8) is 0 Å². The Labute approximate surface area is 133 Å². The molecule has 0 atom stereocenters. The lowest BCUT2D eigenvalue weighted by Gasteiger charge is -2.10. The van der Waals surface area contributed by atoms with E-state index in [-0.39, 0.29) is 5.69 Å². The van der Waals surface area contributed by atoms with Crippen molar-refractivity contribution in [2.24, 2.45) is 5.73 Å². The fourth-order valence-electron chi connectivity index (χ4n) is 2.96. The van der Waals surface area contributed by atoms with Crippen LogP contribution in [0, 0.1) is 0 Å². The molecule has 110 valence electrons. The van der Waals surface area contributed by atoms with Crippen LogP contribution in [0.25, 0.3) is 32.8 Å². The van der Waals surface area contributed by atoms with Crippen LogP contribution in [-0.4, -0.2) is 10.9 Å². The van der Waals surface area contributed by atoms with E-state index in [9.17, 15) is 4.79 Å². The van der Waals surface area contributed by atoms with Crippen molar-refractivity contribution < 1.29 is 4.79 Å². The molecule has 0 fully saturated rings. The maximum atomic E-state index is 11.5. The van der Waals surface area contributed by atoms with Gasteiger partial charge in [0, 0.05) is 10.9 Å². The van der Waals surface area contributed by atoms with Gasteiger partial charge in [-0.05, 0) is 22.4 Å². The van der Waals surface area contributed by atoms with Gasteiger partial charge in [-0.15, -0.1) is 0 Å². The molecule has 0 bridgehead atoms. The van der Waals surface area contributed by atoms with Crippen LogP contribution in [0.2, 0.25) is 0 Å². The maximum Gasteiger partial charge on any atom is 0.267 e.